The maximum absolute atomic E-state index is 13.1. The third-order valence-electron chi connectivity index (χ3n) is 6.30. The molecule has 2 atom stereocenters. The number of anilines is 1. The number of nitrogens with zero attached hydrogens (tertiary/aromatic N) is 5. The van der Waals surface area contributed by atoms with Crippen molar-refractivity contribution in [1.82, 2.24) is 25.1 Å². The lowest BCUT2D eigenvalue weighted by molar-refractivity contribution is -0.147. The van der Waals surface area contributed by atoms with Gasteiger partial charge >= 0.3 is 0 Å². The van der Waals surface area contributed by atoms with E-state index in [9.17, 15) is 4.79 Å². The Bertz CT molecular complexity index is 856. The van der Waals surface area contributed by atoms with Crippen LogP contribution in [0.15, 0.2) is 18.5 Å². The van der Waals surface area contributed by atoms with Crippen LogP contribution < -0.4 is 4.90 Å². The lowest BCUT2D eigenvalue weighted by Gasteiger charge is -2.30. The van der Waals surface area contributed by atoms with Gasteiger partial charge in [-0.15, -0.1) is 0 Å². The monoisotopic (exact) mass is 396 g/mol. The lowest BCUT2D eigenvalue weighted by Crippen LogP contribution is -2.41. The molecule has 8 nitrogen and oxygen atoms in total. The quantitative estimate of drug-likeness (QED) is 0.855. The summed E-state index contributed by atoms with van der Waals surface area (Å²) in [5.74, 6) is 0.898. The number of rotatable bonds is 4. The van der Waals surface area contributed by atoms with Gasteiger partial charge in [-0.2, -0.15) is 5.10 Å². The Hall–Kier alpha value is -2.48. The molecule has 5 heterocycles. The van der Waals surface area contributed by atoms with Crippen LogP contribution in [0.1, 0.15) is 56.7 Å². The molecule has 2 unspecified atom stereocenters. The summed E-state index contributed by atoms with van der Waals surface area (Å²) >= 11 is 0. The zero-order valence-corrected chi connectivity index (χ0v) is 16.7. The zero-order chi connectivity index (χ0) is 19.6. The molecule has 29 heavy (non-hydrogen) atoms. The van der Waals surface area contributed by atoms with Crippen LogP contribution >= 0.6 is 0 Å². The molecule has 1 N–H and O–H groups in total. The summed E-state index contributed by atoms with van der Waals surface area (Å²) < 4.78 is 5.76. The van der Waals surface area contributed by atoms with Crippen LogP contribution in [0.5, 0.6) is 0 Å². The molecule has 0 radical (unpaired) electrons. The number of hydrogen-bond donors (Lipinski definition) is 1. The number of likely N-dealkylation sites (tertiary alicyclic amines) is 1. The van der Waals surface area contributed by atoms with Gasteiger partial charge in [0, 0.05) is 38.0 Å². The van der Waals surface area contributed by atoms with Crippen LogP contribution in [0, 0.1) is 0 Å². The maximum atomic E-state index is 13.1. The molecule has 154 valence electrons. The van der Waals surface area contributed by atoms with E-state index in [1.165, 1.54) is 12.8 Å². The molecule has 0 saturated carbocycles. The number of ether oxygens (including phenoxy) is 1. The van der Waals surface area contributed by atoms with E-state index in [0.29, 0.717) is 6.61 Å². The van der Waals surface area contributed by atoms with Crippen molar-refractivity contribution in [2.24, 2.45) is 0 Å². The van der Waals surface area contributed by atoms with Crippen molar-refractivity contribution in [2.75, 3.05) is 31.1 Å². The highest BCUT2D eigenvalue weighted by atomic mass is 16.5. The smallest absolute Gasteiger partial charge is 0.252 e. The van der Waals surface area contributed by atoms with Gasteiger partial charge in [0.25, 0.3) is 5.91 Å². The molecule has 2 aromatic heterocycles. The first kappa shape index (κ1) is 18.5. The Labute approximate surface area is 170 Å². The van der Waals surface area contributed by atoms with Crippen LogP contribution in [0.3, 0.4) is 0 Å². The number of carbonyl (C=O) groups excluding carboxylic acids is 1. The SMILES string of the molecule is O=C(C1CCCCO1)N1CCCC1c1[nH]ncc1-c1ccnc(N2CCCC2)n1. The Balaban J connectivity index is 1.41. The van der Waals surface area contributed by atoms with Crippen molar-refractivity contribution < 1.29 is 9.53 Å². The second-order valence-corrected chi connectivity index (χ2v) is 8.18. The van der Waals surface area contributed by atoms with Gasteiger partial charge in [-0.1, -0.05) is 0 Å². The molecule has 0 aliphatic carbocycles. The van der Waals surface area contributed by atoms with Crippen molar-refractivity contribution in [3.8, 4) is 11.3 Å². The van der Waals surface area contributed by atoms with Gasteiger partial charge < -0.3 is 14.5 Å². The largest absolute Gasteiger partial charge is 0.368 e. The third-order valence-corrected chi connectivity index (χ3v) is 6.30. The van der Waals surface area contributed by atoms with E-state index in [1.54, 1.807) is 0 Å². The van der Waals surface area contributed by atoms with Crippen LogP contribution in [-0.4, -0.2) is 63.3 Å². The highest BCUT2D eigenvalue weighted by Gasteiger charge is 2.37. The minimum atomic E-state index is -0.295. The minimum absolute atomic E-state index is 0.00396. The Morgan fingerprint density at radius 1 is 1.10 bits per heavy atom. The van der Waals surface area contributed by atoms with Gasteiger partial charge in [0.05, 0.1) is 23.6 Å². The Kier molecular flexibility index (Phi) is 5.18. The molecule has 5 rings (SSSR count). The van der Waals surface area contributed by atoms with Gasteiger partial charge in [-0.3, -0.25) is 9.89 Å². The predicted molar refractivity (Wildman–Crippen MR) is 108 cm³/mol. The first-order valence-corrected chi connectivity index (χ1v) is 10.8. The van der Waals surface area contributed by atoms with E-state index >= 15 is 0 Å². The first-order valence-electron chi connectivity index (χ1n) is 10.8. The van der Waals surface area contributed by atoms with Crippen LogP contribution in [-0.2, 0) is 9.53 Å². The molecule has 1 amide bonds. The second-order valence-electron chi connectivity index (χ2n) is 8.18. The summed E-state index contributed by atoms with van der Waals surface area (Å²) in [5, 5.41) is 7.47. The fourth-order valence-corrected chi connectivity index (χ4v) is 4.77. The summed E-state index contributed by atoms with van der Waals surface area (Å²) in [6.07, 6.45) is 10.6. The number of H-pyrrole nitrogens is 1. The number of carbonyl (C=O) groups is 1. The molecule has 3 saturated heterocycles. The van der Waals surface area contributed by atoms with Crippen molar-refractivity contribution in [2.45, 2.75) is 57.1 Å². The van der Waals surface area contributed by atoms with Crippen molar-refractivity contribution >= 4 is 11.9 Å². The van der Waals surface area contributed by atoms with Crippen LogP contribution in [0.2, 0.25) is 0 Å². The van der Waals surface area contributed by atoms with E-state index < -0.39 is 0 Å². The molecule has 3 aliphatic rings. The standard InChI is InChI=1S/C21H28N6O2/c28-20(18-7-1-4-13-29-18)27-12-5-6-17(27)19-15(14-23-25-19)16-8-9-22-21(24-16)26-10-2-3-11-26/h8-9,14,17-18H,1-7,10-13H2,(H,23,25). The van der Waals surface area contributed by atoms with E-state index in [4.69, 9.17) is 9.72 Å². The average Bonchev–Trinajstić information content (AvgIpc) is 3.55. The molecule has 2 aromatic rings. The highest BCUT2D eigenvalue weighted by Crippen LogP contribution is 2.37. The maximum Gasteiger partial charge on any atom is 0.252 e. The minimum Gasteiger partial charge on any atom is -0.368 e. The number of amides is 1. The van der Waals surface area contributed by atoms with Crippen molar-refractivity contribution in [1.29, 1.82) is 0 Å². The van der Waals surface area contributed by atoms with Crippen molar-refractivity contribution in [3.63, 3.8) is 0 Å². The van der Waals surface area contributed by atoms with E-state index in [0.717, 1.165) is 74.6 Å². The molecule has 0 bridgehead atoms. The fourth-order valence-electron chi connectivity index (χ4n) is 4.77. The Morgan fingerprint density at radius 2 is 2.00 bits per heavy atom. The Morgan fingerprint density at radius 3 is 2.83 bits per heavy atom. The fraction of sp³-hybridized carbons (Fsp3) is 0.619. The highest BCUT2D eigenvalue weighted by molar-refractivity contribution is 5.82. The van der Waals surface area contributed by atoms with E-state index in [2.05, 4.69) is 20.1 Å². The molecule has 3 aliphatic heterocycles. The number of aromatic amines is 1. The topological polar surface area (TPSA) is 87.2 Å². The number of aromatic nitrogens is 4. The van der Waals surface area contributed by atoms with Gasteiger partial charge in [0.2, 0.25) is 5.95 Å². The summed E-state index contributed by atoms with van der Waals surface area (Å²) in [6.45, 7) is 3.47. The summed E-state index contributed by atoms with van der Waals surface area (Å²) in [7, 11) is 0. The zero-order valence-electron chi connectivity index (χ0n) is 16.7. The predicted octanol–water partition coefficient (Wildman–Crippen LogP) is 2.70. The van der Waals surface area contributed by atoms with Gasteiger partial charge in [-0.25, -0.2) is 9.97 Å². The molecular formula is C21H28N6O2. The molecular weight excluding hydrogens is 368 g/mol. The third kappa shape index (κ3) is 3.61. The van der Waals surface area contributed by atoms with Crippen LogP contribution in [0.25, 0.3) is 11.3 Å². The number of hydrogen-bond acceptors (Lipinski definition) is 6. The van der Waals surface area contributed by atoms with E-state index in [1.807, 2.05) is 23.4 Å². The molecule has 0 spiro atoms. The average molecular weight is 396 g/mol. The summed E-state index contributed by atoms with van der Waals surface area (Å²) in [4.78, 5) is 26.6. The van der Waals surface area contributed by atoms with Crippen molar-refractivity contribution in [3.05, 3.63) is 24.2 Å². The van der Waals surface area contributed by atoms with Crippen LogP contribution in [0.4, 0.5) is 5.95 Å². The second kappa shape index (κ2) is 8.10. The molecule has 8 heteroatoms. The van der Waals surface area contributed by atoms with E-state index in [-0.39, 0.29) is 18.1 Å². The van der Waals surface area contributed by atoms with Gasteiger partial charge in [0.1, 0.15) is 6.10 Å². The van der Waals surface area contributed by atoms with Gasteiger partial charge in [-0.05, 0) is 51.0 Å². The summed E-state index contributed by atoms with van der Waals surface area (Å²) in [6, 6.07) is 1.93. The normalized spacial score (nSPS) is 25.0. The number of nitrogens with one attached hydrogen (secondary N) is 1. The molecule has 0 aromatic carbocycles. The molecule has 3 fully saturated rings. The lowest BCUT2D eigenvalue weighted by atomic mass is 10.0. The first-order chi connectivity index (χ1) is 14.3. The van der Waals surface area contributed by atoms with Gasteiger partial charge in [0.15, 0.2) is 0 Å². The summed E-state index contributed by atoms with van der Waals surface area (Å²) in [5.41, 5.74) is 2.79.